The second-order valence-electron chi connectivity index (χ2n) is 3.84. The summed E-state index contributed by atoms with van der Waals surface area (Å²) in [5.41, 5.74) is 1.23. The first-order valence-electron chi connectivity index (χ1n) is 5.75. The van der Waals surface area contributed by atoms with Gasteiger partial charge in [0.25, 0.3) is 0 Å². The molecule has 0 spiro atoms. The third kappa shape index (κ3) is 4.52. The van der Waals surface area contributed by atoms with Crippen molar-refractivity contribution in [2.45, 2.75) is 25.8 Å². The lowest BCUT2D eigenvalue weighted by Crippen LogP contribution is -2.23. The molecule has 0 bridgehead atoms. The zero-order valence-corrected chi connectivity index (χ0v) is 10.8. The van der Waals surface area contributed by atoms with Gasteiger partial charge in [-0.3, -0.25) is 0 Å². The monoisotopic (exact) mass is 241 g/mol. The van der Waals surface area contributed by atoms with Crippen LogP contribution in [-0.2, 0) is 4.74 Å². The van der Waals surface area contributed by atoms with Crippen LogP contribution in [0.15, 0.2) is 24.3 Å². The Morgan fingerprint density at radius 3 is 2.88 bits per heavy atom. The Morgan fingerprint density at radius 1 is 1.44 bits per heavy atom. The Balaban J connectivity index is 2.66. The van der Waals surface area contributed by atoms with Gasteiger partial charge in [-0.05, 0) is 37.1 Å². The number of benzene rings is 1. The highest BCUT2D eigenvalue weighted by atomic mass is 35.5. The highest BCUT2D eigenvalue weighted by Gasteiger charge is 2.10. The van der Waals surface area contributed by atoms with Crippen LogP contribution in [0.25, 0.3) is 0 Å². The summed E-state index contributed by atoms with van der Waals surface area (Å²) in [6.45, 7) is 3.94. The minimum atomic E-state index is 0.332. The standard InChI is InChI=1S/C13H20ClNO/c1-3-8-15-13(7-9-16-2)11-5-4-6-12(14)10-11/h4-6,10,13,15H,3,7-9H2,1-2H3. The van der Waals surface area contributed by atoms with E-state index in [1.54, 1.807) is 7.11 Å². The van der Waals surface area contributed by atoms with Crippen molar-refractivity contribution in [3.63, 3.8) is 0 Å². The molecule has 1 rings (SSSR count). The summed E-state index contributed by atoms with van der Waals surface area (Å²) < 4.78 is 5.13. The van der Waals surface area contributed by atoms with Gasteiger partial charge in [0.1, 0.15) is 0 Å². The maximum atomic E-state index is 6.00. The van der Waals surface area contributed by atoms with Crippen molar-refractivity contribution in [2.24, 2.45) is 0 Å². The third-order valence-corrected chi connectivity index (χ3v) is 2.74. The number of halogens is 1. The molecule has 0 aliphatic heterocycles. The zero-order chi connectivity index (χ0) is 11.8. The Kier molecular flexibility index (Phi) is 6.46. The van der Waals surface area contributed by atoms with Gasteiger partial charge in [-0.25, -0.2) is 0 Å². The van der Waals surface area contributed by atoms with Crippen molar-refractivity contribution in [1.29, 1.82) is 0 Å². The minimum Gasteiger partial charge on any atom is -0.385 e. The van der Waals surface area contributed by atoms with E-state index in [0.717, 1.165) is 31.0 Å². The molecule has 2 nitrogen and oxygen atoms in total. The number of ether oxygens (including phenoxy) is 1. The van der Waals surface area contributed by atoms with E-state index < -0.39 is 0 Å². The molecule has 1 aromatic carbocycles. The molecule has 90 valence electrons. The summed E-state index contributed by atoms with van der Waals surface area (Å²) in [6.07, 6.45) is 2.10. The SMILES string of the molecule is CCCNC(CCOC)c1cccc(Cl)c1. The molecule has 0 saturated heterocycles. The van der Waals surface area contributed by atoms with Crippen LogP contribution in [0.3, 0.4) is 0 Å². The van der Waals surface area contributed by atoms with E-state index in [4.69, 9.17) is 16.3 Å². The Hall–Kier alpha value is -0.570. The van der Waals surface area contributed by atoms with Crippen LogP contribution in [0.4, 0.5) is 0 Å². The van der Waals surface area contributed by atoms with Gasteiger partial charge in [-0.15, -0.1) is 0 Å². The van der Waals surface area contributed by atoms with Gasteiger partial charge in [0, 0.05) is 24.8 Å². The molecule has 1 unspecified atom stereocenters. The molecule has 0 heterocycles. The van der Waals surface area contributed by atoms with E-state index in [9.17, 15) is 0 Å². The van der Waals surface area contributed by atoms with Crippen LogP contribution in [0.1, 0.15) is 31.4 Å². The number of hydrogen-bond donors (Lipinski definition) is 1. The van der Waals surface area contributed by atoms with Gasteiger partial charge in [-0.1, -0.05) is 30.7 Å². The third-order valence-electron chi connectivity index (χ3n) is 2.50. The van der Waals surface area contributed by atoms with Crippen molar-refractivity contribution in [3.05, 3.63) is 34.9 Å². The van der Waals surface area contributed by atoms with Gasteiger partial charge >= 0.3 is 0 Å². The second-order valence-corrected chi connectivity index (χ2v) is 4.28. The summed E-state index contributed by atoms with van der Waals surface area (Å²) in [5.74, 6) is 0. The van der Waals surface area contributed by atoms with Crippen LogP contribution in [-0.4, -0.2) is 20.3 Å². The normalized spacial score (nSPS) is 12.7. The molecule has 16 heavy (non-hydrogen) atoms. The van der Waals surface area contributed by atoms with E-state index in [-0.39, 0.29) is 0 Å². The molecule has 0 aliphatic rings. The molecule has 0 aromatic heterocycles. The predicted molar refractivity (Wildman–Crippen MR) is 69.0 cm³/mol. The largest absolute Gasteiger partial charge is 0.385 e. The lowest BCUT2D eigenvalue weighted by molar-refractivity contribution is 0.183. The van der Waals surface area contributed by atoms with E-state index in [0.29, 0.717) is 6.04 Å². The lowest BCUT2D eigenvalue weighted by Gasteiger charge is -2.18. The van der Waals surface area contributed by atoms with Crippen LogP contribution in [0.2, 0.25) is 5.02 Å². The van der Waals surface area contributed by atoms with E-state index >= 15 is 0 Å². The molecule has 3 heteroatoms. The van der Waals surface area contributed by atoms with Gasteiger partial charge in [0.05, 0.1) is 0 Å². The summed E-state index contributed by atoms with van der Waals surface area (Å²) >= 11 is 6.00. The number of rotatable bonds is 7. The highest BCUT2D eigenvalue weighted by Crippen LogP contribution is 2.20. The van der Waals surface area contributed by atoms with Crippen molar-refractivity contribution >= 4 is 11.6 Å². The van der Waals surface area contributed by atoms with E-state index in [1.165, 1.54) is 5.56 Å². The Bertz CT molecular complexity index is 296. The fourth-order valence-electron chi connectivity index (χ4n) is 1.66. The van der Waals surface area contributed by atoms with Crippen LogP contribution < -0.4 is 5.32 Å². The summed E-state index contributed by atoms with van der Waals surface area (Å²) in [4.78, 5) is 0. The second kappa shape index (κ2) is 7.66. The maximum Gasteiger partial charge on any atom is 0.0480 e. The molecule has 0 amide bonds. The first-order valence-corrected chi connectivity index (χ1v) is 6.13. The molecule has 0 aliphatic carbocycles. The fraction of sp³-hybridized carbons (Fsp3) is 0.538. The Labute approximate surface area is 103 Å². The fourth-order valence-corrected chi connectivity index (χ4v) is 1.86. The van der Waals surface area contributed by atoms with Crippen molar-refractivity contribution < 1.29 is 4.74 Å². The highest BCUT2D eigenvalue weighted by molar-refractivity contribution is 6.30. The first-order chi connectivity index (χ1) is 7.77. The topological polar surface area (TPSA) is 21.3 Å². The van der Waals surface area contributed by atoms with Crippen molar-refractivity contribution in [3.8, 4) is 0 Å². The molecule has 0 radical (unpaired) electrons. The predicted octanol–water partition coefficient (Wildman–Crippen LogP) is 3.42. The summed E-state index contributed by atoms with van der Waals surface area (Å²) in [7, 11) is 1.73. The molecule has 1 aromatic rings. The molecule has 1 atom stereocenters. The van der Waals surface area contributed by atoms with E-state index in [1.807, 2.05) is 18.2 Å². The van der Waals surface area contributed by atoms with Gasteiger partial charge in [-0.2, -0.15) is 0 Å². The number of hydrogen-bond acceptors (Lipinski definition) is 2. The number of nitrogens with one attached hydrogen (secondary N) is 1. The first kappa shape index (κ1) is 13.5. The average Bonchev–Trinajstić information content (AvgIpc) is 2.29. The summed E-state index contributed by atoms with van der Waals surface area (Å²) in [6, 6.07) is 8.35. The summed E-state index contributed by atoms with van der Waals surface area (Å²) in [5, 5.41) is 4.30. The Morgan fingerprint density at radius 2 is 2.25 bits per heavy atom. The zero-order valence-electron chi connectivity index (χ0n) is 10.0. The number of methoxy groups -OCH3 is 1. The van der Waals surface area contributed by atoms with Crippen molar-refractivity contribution in [1.82, 2.24) is 5.32 Å². The average molecular weight is 242 g/mol. The van der Waals surface area contributed by atoms with Crippen LogP contribution >= 0.6 is 11.6 Å². The molecule has 0 fully saturated rings. The molecule has 0 saturated carbocycles. The smallest absolute Gasteiger partial charge is 0.0480 e. The van der Waals surface area contributed by atoms with E-state index in [2.05, 4.69) is 18.3 Å². The quantitative estimate of drug-likeness (QED) is 0.790. The van der Waals surface area contributed by atoms with Crippen LogP contribution in [0.5, 0.6) is 0 Å². The lowest BCUT2D eigenvalue weighted by atomic mass is 10.0. The van der Waals surface area contributed by atoms with Crippen molar-refractivity contribution in [2.75, 3.05) is 20.3 Å². The van der Waals surface area contributed by atoms with Crippen LogP contribution in [0, 0.1) is 0 Å². The maximum absolute atomic E-state index is 6.00. The van der Waals surface area contributed by atoms with Gasteiger partial charge in [0.2, 0.25) is 0 Å². The van der Waals surface area contributed by atoms with Gasteiger partial charge in [0.15, 0.2) is 0 Å². The minimum absolute atomic E-state index is 0.332. The molecular weight excluding hydrogens is 222 g/mol. The molecule has 1 N–H and O–H groups in total. The molecular formula is C13H20ClNO. The van der Waals surface area contributed by atoms with Gasteiger partial charge < -0.3 is 10.1 Å².